The topological polar surface area (TPSA) is 29.3 Å². The Bertz CT molecular complexity index is 438. The molecular formula is C16H24BrClN2. The maximum Gasteiger partial charge on any atom is 0.0462 e. The van der Waals surface area contributed by atoms with Gasteiger partial charge in [0.1, 0.15) is 0 Å². The SMILES string of the molecule is CCN(Cc1ccc(Br)cc1Cl)C1CCCCC1CN. The Hall–Kier alpha value is -0.0900. The van der Waals surface area contributed by atoms with Gasteiger partial charge in [0.05, 0.1) is 0 Å². The van der Waals surface area contributed by atoms with Crippen molar-refractivity contribution in [3.63, 3.8) is 0 Å². The lowest BCUT2D eigenvalue weighted by atomic mass is 9.83. The predicted octanol–water partition coefficient (Wildman–Crippen LogP) is 4.44. The molecule has 1 aromatic carbocycles. The van der Waals surface area contributed by atoms with Crippen molar-refractivity contribution in [3.05, 3.63) is 33.3 Å². The van der Waals surface area contributed by atoms with E-state index in [1.807, 2.05) is 6.07 Å². The van der Waals surface area contributed by atoms with E-state index in [9.17, 15) is 0 Å². The summed E-state index contributed by atoms with van der Waals surface area (Å²) in [5, 5.41) is 0.845. The van der Waals surface area contributed by atoms with Crippen LogP contribution in [0.25, 0.3) is 0 Å². The number of nitrogens with two attached hydrogens (primary N) is 1. The molecule has 1 saturated carbocycles. The van der Waals surface area contributed by atoms with Gasteiger partial charge in [-0.3, -0.25) is 4.90 Å². The minimum Gasteiger partial charge on any atom is -0.330 e. The predicted molar refractivity (Wildman–Crippen MR) is 90.0 cm³/mol. The molecule has 2 unspecified atom stereocenters. The molecule has 0 saturated heterocycles. The summed E-state index contributed by atoms with van der Waals surface area (Å²) >= 11 is 9.82. The van der Waals surface area contributed by atoms with E-state index in [1.54, 1.807) is 0 Å². The zero-order valence-corrected chi connectivity index (χ0v) is 14.5. The van der Waals surface area contributed by atoms with Gasteiger partial charge in [-0.05, 0) is 49.5 Å². The maximum atomic E-state index is 6.36. The quantitative estimate of drug-likeness (QED) is 0.842. The summed E-state index contributed by atoms with van der Waals surface area (Å²) in [7, 11) is 0. The highest BCUT2D eigenvalue weighted by Gasteiger charge is 2.28. The molecule has 1 fully saturated rings. The van der Waals surface area contributed by atoms with E-state index in [4.69, 9.17) is 17.3 Å². The van der Waals surface area contributed by atoms with Crippen LogP contribution < -0.4 is 5.73 Å². The van der Waals surface area contributed by atoms with Gasteiger partial charge in [0.2, 0.25) is 0 Å². The molecule has 2 nitrogen and oxygen atoms in total. The third-order valence-electron chi connectivity index (χ3n) is 4.44. The van der Waals surface area contributed by atoms with Crippen molar-refractivity contribution in [2.24, 2.45) is 11.7 Å². The van der Waals surface area contributed by atoms with Crippen molar-refractivity contribution in [2.45, 2.75) is 45.2 Å². The van der Waals surface area contributed by atoms with Gasteiger partial charge < -0.3 is 5.73 Å². The second-order valence-electron chi connectivity index (χ2n) is 5.65. The van der Waals surface area contributed by atoms with Crippen molar-refractivity contribution in [3.8, 4) is 0 Å². The summed E-state index contributed by atoms with van der Waals surface area (Å²) in [6.07, 6.45) is 5.19. The third-order valence-corrected chi connectivity index (χ3v) is 5.28. The van der Waals surface area contributed by atoms with Crippen molar-refractivity contribution in [1.82, 2.24) is 4.90 Å². The van der Waals surface area contributed by atoms with Crippen LogP contribution >= 0.6 is 27.5 Å². The van der Waals surface area contributed by atoms with Crippen molar-refractivity contribution in [2.75, 3.05) is 13.1 Å². The summed E-state index contributed by atoms with van der Waals surface area (Å²) in [6.45, 7) is 5.00. The molecule has 0 bridgehead atoms. The average molecular weight is 360 g/mol. The van der Waals surface area contributed by atoms with Crippen LogP contribution in [0.15, 0.2) is 22.7 Å². The smallest absolute Gasteiger partial charge is 0.0462 e. The minimum atomic E-state index is 0.610. The van der Waals surface area contributed by atoms with Gasteiger partial charge >= 0.3 is 0 Å². The van der Waals surface area contributed by atoms with Crippen molar-refractivity contribution in [1.29, 1.82) is 0 Å². The number of benzene rings is 1. The summed E-state index contributed by atoms with van der Waals surface area (Å²) < 4.78 is 1.03. The molecule has 0 amide bonds. The van der Waals surface area contributed by atoms with E-state index in [0.717, 1.165) is 29.1 Å². The Morgan fingerprint density at radius 2 is 2.10 bits per heavy atom. The normalized spacial score (nSPS) is 23.2. The molecule has 1 aromatic rings. The van der Waals surface area contributed by atoms with E-state index in [-0.39, 0.29) is 0 Å². The summed E-state index contributed by atoms with van der Waals surface area (Å²) in [5.74, 6) is 0.637. The average Bonchev–Trinajstić information content (AvgIpc) is 2.46. The van der Waals surface area contributed by atoms with Gasteiger partial charge in [0, 0.05) is 22.1 Å². The fourth-order valence-electron chi connectivity index (χ4n) is 3.28. The Morgan fingerprint density at radius 1 is 1.35 bits per heavy atom. The van der Waals surface area contributed by atoms with E-state index < -0.39 is 0 Å². The Labute approximate surface area is 135 Å². The molecule has 2 rings (SSSR count). The zero-order valence-electron chi connectivity index (χ0n) is 12.1. The van der Waals surface area contributed by atoms with Gasteiger partial charge in [-0.2, -0.15) is 0 Å². The first-order valence-electron chi connectivity index (χ1n) is 7.53. The molecule has 0 radical (unpaired) electrons. The number of nitrogens with zero attached hydrogens (tertiary/aromatic N) is 1. The number of rotatable bonds is 5. The molecule has 1 aliphatic rings. The first-order valence-corrected chi connectivity index (χ1v) is 8.70. The van der Waals surface area contributed by atoms with Crippen molar-refractivity contribution < 1.29 is 0 Å². The second kappa shape index (κ2) is 7.79. The van der Waals surface area contributed by atoms with Gasteiger partial charge in [0.25, 0.3) is 0 Å². The fourth-order valence-corrected chi connectivity index (χ4v) is 4.01. The number of hydrogen-bond donors (Lipinski definition) is 1. The summed E-state index contributed by atoms with van der Waals surface area (Å²) in [4.78, 5) is 2.55. The van der Waals surface area contributed by atoms with E-state index >= 15 is 0 Å². The van der Waals surface area contributed by atoms with Crippen LogP contribution in [0.4, 0.5) is 0 Å². The lowest BCUT2D eigenvalue weighted by Gasteiger charge is -2.39. The second-order valence-corrected chi connectivity index (χ2v) is 6.97. The molecular weight excluding hydrogens is 336 g/mol. The van der Waals surface area contributed by atoms with Gasteiger partial charge in [-0.1, -0.05) is 53.4 Å². The van der Waals surface area contributed by atoms with Gasteiger partial charge in [0.15, 0.2) is 0 Å². The number of halogens is 2. The minimum absolute atomic E-state index is 0.610. The van der Waals surface area contributed by atoms with Crippen LogP contribution in [0.3, 0.4) is 0 Å². The molecule has 2 atom stereocenters. The number of hydrogen-bond acceptors (Lipinski definition) is 2. The van der Waals surface area contributed by atoms with Crippen LogP contribution in [0.5, 0.6) is 0 Å². The first kappa shape index (κ1) is 16.3. The van der Waals surface area contributed by atoms with Crippen LogP contribution in [-0.2, 0) is 6.54 Å². The van der Waals surface area contributed by atoms with Gasteiger partial charge in [-0.15, -0.1) is 0 Å². The first-order chi connectivity index (χ1) is 9.65. The molecule has 20 heavy (non-hydrogen) atoms. The van der Waals surface area contributed by atoms with Crippen LogP contribution in [-0.4, -0.2) is 24.0 Å². The molecule has 112 valence electrons. The van der Waals surface area contributed by atoms with Crippen molar-refractivity contribution >= 4 is 27.5 Å². The fraction of sp³-hybridized carbons (Fsp3) is 0.625. The zero-order chi connectivity index (χ0) is 14.5. The summed E-state index contributed by atoms with van der Waals surface area (Å²) in [5.41, 5.74) is 7.18. The van der Waals surface area contributed by atoms with Crippen LogP contribution in [0.2, 0.25) is 5.02 Å². The Morgan fingerprint density at radius 3 is 2.75 bits per heavy atom. The monoisotopic (exact) mass is 358 g/mol. The largest absolute Gasteiger partial charge is 0.330 e. The summed E-state index contributed by atoms with van der Waals surface area (Å²) in [6, 6.07) is 6.77. The molecule has 0 aliphatic heterocycles. The van der Waals surface area contributed by atoms with Crippen LogP contribution in [0, 0.1) is 5.92 Å². The highest BCUT2D eigenvalue weighted by molar-refractivity contribution is 9.10. The van der Waals surface area contributed by atoms with Crippen LogP contribution in [0.1, 0.15) is 38.2 Å². The van der Waals surface area contributed by atoms with E-state index in [2.05, 4.69) is 39.9 Å². The maximum absolute atomic E-state index is 6.36. The molecule has 0 heterocycles. The Balaban J connectivity index is 2.11. The molecule has 4 heteroatoms. The molecule has 0 aromatic heterocycles. The lowest BCUT2D eigenvalue weighted by Crippen LogP contribution is -2.44. The molecule has 1 aliphatic carbocycles. The lowest BCUT2D eigenvalue weighted by molar-refractivity contribution is 0.105. The standard InChI is InChI=1S/C16H24BrClN2/c1-2-20(16-6-4-3-5-12(16)10-19)11-13-7-8-14(17)9-15(13)18/h7-9,12,16H,2-6,10-11,19H2,1H3. The highest BCUT2D eigenvalue weighted by Crippen LogP contribution is 2.30. The van der Waals surface area contributed by atoms with E-state index in [0.29, 0.717) is 12.0 Å². The Kier molecular flexibility index (Phi) is 6.34. The molecule has 0 spiro atoms. The van der Waals surface area contributed by atoms with E-state index in [1.165, 1.54) is 31.2 Å². The third kappa shape index (κ3) is 3.97. The molecule has 2 N–H and O–H groups in total. The highest BCUT2D eigenvalue weighted by atomic mass is 79.9. The van der Waals surface area contributed by atoms with Gasteiger partial charge in [-0.25, -0.2) is 0 Å².